The number of hydrogen-bond donors (Lipinski definition) is 1. The van der Waals surface area contributed by atoms with Gasteiger partial charge >= 0.3 is 0 Å². The number of nitrogens with one attached hydrogen (secondary N) is 1. The van der Waals surface area contributed by atoms with Crippen molar-refractivity contribution in [2.24, 2.45) is 0 Å². The van der Waals surface area contributed by atoms with Crippen LogP contribution in [0.2, 0.25) is 0 Å². The lowest BCUT2D eigenvalue weighted by molar-refractivity contribution is -0.120. The molecule has 1 fully saturated rings. The maximum absolute atomic E-state index is 13.1. The minimum atomic E-state index is -0.319. The molecular formula is C20H21FN4OS2. The number of carbonyl (C=O) groups is 1. The van der Waals surface area contributed by atoms with Gasteiger partial charge in [-0.05, 0) is 55.8 Å². The highest BCUT2D eigenvalue weighted by Crippen LogP contribution is 2.42. The van der Waals surface area contributed by atoms with E-state index in [9.17, 15) is 9.18 Å². The summed E-state index contributed by atoms with van der Waals surface area (Å²) in [5.74, 6) is 0.518. The van der Waals surface area contributed by atoms with Gasteiger partial charge in [-0.25, -0.2) is 4.39 Å². The number of thiophene rings is 1. The van der Waals surface area contributed by atoms with E-state index in [4.69, 9.17) is 0 Å². The van der Waals surface area contributed by atoms with Crippen molar-refractivity contribution in [1.82, 2.24) is 20.1 Å². The smallest absolute Gasteiger partial charge is 0.233 e. The summed E-state index contributed by atoms with van der Waals surface area (Å²) in [4.78, 5) is 13.8. The average molecular weight is 417 g/mol. The third kappa shape index (κ3) is 4.12. The summed E-state index contributed by atoms with van der Waals surface area (Å²) in [7, 11) is 0. The fraction of sp³-hybridized carbons (Fsp3) is 0.350. The number of hydrogen-bond acceptors (Lipinski definition) is 5. The van der Waals surface area contributed by atoms with E-state index < -0.39 is 0 Å². The number of amides is 1. The zero-order chi connectivity index (χ0) is 19.7. The maximum atomic E-state index is 13.1. The van der Waals surface area contributed by atoms with Crippen molar-refractivity contribution in [3.05, 3.63) is 53.2 Å². The first-order valence-electron chi connectivity index (χ1n) is 9.24. The lowest BCUT2D eigenvalue weighted by Gasteiger charge is -2.18. The zero-order valence-corrected chi connectivity index (χ0v) is 17.3. The molecule has 1 saturated carbocycles. The van der Waals surface area contributed by atoms with Gasteiger partial charge in [0.15, 0.2) is 11.0 Å². The molecule has 0 spiro atoms. The molecule has 28 heavy (non-hydrogen) atoms. The first-order chi connectivity index (χ1) is 13.5. The molecular weight excluding hydrogens is 395 g/mol. The van der Waals surface area contributed by atoms with Gasteiger partial charge in [0.2, 0.25) is 5.91 Å². The van der Waals surface area contributed by atoms with Gasteiger partial charge in [-0.3, -0.25) is 9.36 Å². The van der Waals surface area contributed by atoms with Crippen LogP contribution in [0.5, 0.6) is 0 Å². The van der Waals surface area contributed by atoms with Gasteiger partial charge in [0.05, 0.1) is 16.2 Å². The Morgan fingerprint density at radius 2 is 2.00 bits per heavy atom. The lowest BCUT2D eigenvalue weighted by Crippen LogP contribution is -2.33. The van der Waals surface area contributed by atoms with Crippen molar-refractivity contribution in [3.63, 3.8) is 0 Å². The minimum Gasteiger partial charge on any atom is -0.349 e. The molecule has 0 aliphatic heterocycles. The van der Waals surface area contributed by atoms with Gasteiger partial charge in [0.1, 0.15) is 5.82 Å². The predicted molar refractivity (Wildman–Crippen MR) is 110 cm³/mol. The molecule has 2 heterocycles. The Hall–Kier alpha value is -2.19. The molecule has 0 bridgehead atoms. The molecule has 2 atom stereocenters. The molecule has 3 aromatic rings. The second kappa shape index (κ2) is 8.05. The van der Waals surface area contributed by atoms with Gasteiger partial charge < -0.3 is 5.32 Å². The normalized spacial score (nSPS) is 16.0. The summed E-state index contributed by atoms with van der Waals surface area (Å²) in [6.07, 6.45) is 2.23. The third-order valence-corrected chi connectivity index (χ3v) is 6.62. The fourth-order valence-corrected chi connectivity index (χ4v) is 4.60. The Balaban J connectivity index is 1.45. The first kappa shape index (κ1) is 19.1. The van der Waals surface area contributed by atoms with Crippen LogP contribution >= 0.6 is 23.1 Å². The Kier molecular flexibility index (Phi) is 5.50. The standard InChI is InChI=1S/C20H21FN4OS2/c1-12(14-5-7-15(21)8-6-14)22-19(26)13(2)28-20-24-23-18(17-4-3-11-27-17)25(20)16-9-10-16/h3-8,11-13,16H,9-10H2,1-2H3,(H,22,26). The van der Waals surface area contributed by atoms with Crippen LogP contribution in [-0.2, 0) is 4.79 Å². The molecule has 1 amide bonds. The van der Waals surface area contributed by atoms with E-state index in [2.05, 4.69) is 20.1 Å². The summed E-state index contributed by atoms with van der Waals surface area (Å²) in [6, 6.07) is 10.5. The van der Waals surface area contributed by atoms with Crippen LogP contribution in [0.25, 0.3) is 10.7 Å². The molecule has 1 aliphatic carbocycles. The van der Waals surface area contributed by atoms with Crippen molar-refractivity contribution in [2.45, 2.75) is 49.2 Å². The molecule has 2 unspecified atom stereocenters. The zero-order valence-electron chi connectivity index (χ0n) is 15.6. The first-order valence-corrected chi connectivity index (χ1v) is 11.0. The Morgan fingerprint density at radius 3 is 2.64 bits per heavy atom. The highest BCUT2D eigenvalue weighted by atomic mass is 32.2. The number of rotatable bonds is 7. The molecule has 8 heteroatoms. The van der Waals surface area contributed by atoms with Crippen LogP contribution in [0.1, 0.15) is 44.3 Å². The van der Waals surface area contributed by atoms with E-state index in [-0.39, 0.29) is 23.0 Å². The molecule has 1 aromatic carbocycles. The van der Waals surface area contributed by atoms with E-state index >= 15 is 0 Å². The van der Waals surface area contributed by atoms with E-state index in [0.717, 1.165) is 34.3 Å². The van der Waals surface area contributed by atoms with Crippen molar-refractivity contribution in [1.29, 1.82) is 0 Å². The summed E-state index contributed by atoms with van der Waals surface area (Å²) < 4.78 is 15.3. The number of halogens is 1. The lowest BCUT2D eigenvalue weighted by atomic mass is 10.1. The minimum absolute atomic E-state index is 0.0788. The van der Waals surface area contributed by atoms with E-state index in [1.165, 1.54) is 23.9 Å². The molecule has 0 saturated heterocycles. The van der Waals surface area contributed by atoms with Crippen LogP contribution in [-0.4, -0.2) is 25.9 Å². The second-order valence-corrected chi connectivity index (χ2v) is 9.18. The number of thioether (sulfide) groups is 1. The molecule has 1 aliphatic rings. The van der Waals surface area contributed by atoms with Crippen molar-refractivity contribution in [2.75, 3.05) is 0 Å². The summed E-state index contributed by atoms with van der Waals surface area (Å²) in [5.41, 5.74) is 0.869. The van der Waals surface area contributed by atoms with Crippen LogP contribution in [0, 0.1) is 5.82 Å². The Morgan fingerprint density at radius 1 is 1.25 bits per heavy atom. The van der Waals surface area contributed by atoms with Crippen LogP contribution in [0.4, 0.5) is 4.39 Å². The van der Waals surface area contributed by atoms with E-state index in [1.54, 1.807) is 23.5 Å². The largest absolute Gasteiger partial charge is 0.349 e. The topological polar surface area (TPSA) is 59.8 Å². The van der Waals surface area contributed by atoms with Crippen LogP contribution in [0.3, 0.4) is 0 Å². The molecule has 146 valence electrons. The predicted octanol–water partition coefficient (Wildman–Crippen LogP) is 4.84. The van der Waals surface area contributed by atoms with Crippen LogP contribution < -0.4 is 5.32 Å². The number of nitrogens with zero attached hydrogens (tertiary/aromatic N) is 3. The van der Waals surface area contributed by atoms with Crippen molar-refractivity contribution in [3.8, 4) is 10.7 Å². The fourth-order valence-electron chi connectivity index (χ4n) is 2.97. The summed E-state index contributed by atoms with van der Waals surface area (Å²) >= 11 is 3.07. The maximum Gasteiger partial charge on any atom is 0.233 e. The van der Waals surface area contributed by atoms with Crippen molar-refractivity contribution >= 4 is 29.0 Å². The third-order valence-electron chi connectivity index (χ3n) is 4.70. The van der Waals surface area contributed by atoms with Gasteiger partial charge in [0.25, 0.3) is 0 Å². The molecule has 5 nitrogen and oxygen atoms in total. The van der Waals surface area contributed by atoms with E-state index in [1.807, 2.05) is 31.4 Å². The van der Waals surface area contributed by atoms with Gasteiger partial charge in [-0.15, -0.1) is 21.5 Å². The quantitative estimate of drug-likeness (QED) is 0.560. The summed E-state index contributed by atoms with van der Waals surface area (Å²) in [5, 5.41) is 14.2. The Labute approximate surface area is 171 Å². The molecule has 2 aromatic heterocycles. The number of carbonyl (C=O) groups excluding carboxylic acids is 1. The molecule has 0 radical (unpaired) electrons. The van der Waals surface area contributed by atoms with Crippen molar-refractivity contribution < 1.29 is 9.18 Å². The number of benzene rings is 1. The summed E-state index contributed by atoms with van der Waals surface area (Å²) in [6.45, 7) is 3.76. The highest BCUT2D eigenvalue weighted by molar-refractivity contribution is 8.00. The van der Waals surface area contributed by atoms with E-state index in [0.29, 0.717) is 6.04 Å². The van der Waals surface area contributed by atoms with Gasteiger partial charge in [-0.2, -0.15) is 0 Å². The molecule has 1 N–H and O–H groups in total. The molecule has 4 rings (SSSR count). The average Bonchev–Trinajstić information content (AvgIpc) is 3.20. The monoisotopic (exact) mass is 416 g/mol. The SMILES string of the molecule is CC(Sc1nnc(-c2cccs2)n1C1CC1)C(=O)NC(C)c1ccc(F)cc1. The van der Waals surface area contributed by atoms with Crippen LogP contribution in [0.15, 0.2) is 46.9 Å². The van der Waals surface area contributed by atoms with Gasteiger partial charge in [-0.1, -0.05) is 30.0 Å². The highest BCUT2D eigenvalue weighted by Gasteiger charge is 2.32. The second-order valence-electron chi connectivity index (χ2n) is 6.93. The Bertz CT molecular complexity index is 951. The van der Waals surface area contributed by atoms with Gasteiger partial charge in [0, 0.05) is 6.04 Å². The number of aromatic nitrogens is 3.